The van der Waals surface area contributed by atoms with Crippen molar-refractivity contribution < 1.29 is 14.3 Å². The first-order chi connectivity index (χ1) is 10.8. The number of carbonyl (C=O) groups is 2. The van der Waals surface area contributed by atoms with Gasteiger partial charge in [-0.2, -0.15) is 0 Å². The number of likely N-dealkylation sites (tertiary alicyclic amines) is 1. The zero-order valence-corrected chi connectivity index (χ0v) is 15.2. The van der Waals surface area contributed by atoms with Crippen LogP contribution < -0.4 is 5.32 Å². The van der Waals surface area contributed by atoms with E-state index in [0.29, 0.717) is 6.54 Å². The molecule has 1 atom stereocenters. The Morgan fingerprint density at radius 2 is 2.13 bits per heavy atom. The highest BCUT2D eigenvalue weighted by Crippen LogP contribution is 2.23. The van der Waals surface area contributed by atoms with Crippen molar-refractivity contribution in [3.8, 4) is 0 Å². The normalized spacial score (nSPS) is 18.6. The maximum atomic E-state index is 12.8. The van der Waals surface area contributed by atoms with Gasteiger partial charge >= 0.3 is 6.09 Å². The third-order valence-electron chi connectivity index (χ3n) is 3.83. The molecule has 0 bridgehead atoms. The summed E-state index contributed by atoms with van der Waals surface area (Å²) in [6, 6.07) is 2.00. The van der Waals surface area contributed by atoms with Crippen LogP contribution in [0.2, 0.25) is 0 Å². The van der Waals surface area contributed by atoms with Crippen LogP contribution in [0.5, 0.6) is 0 Å². The van der Waals surface area contributed by atoms with Crippen molar-refractivity contribution in [1.82, 2.24) is 10.2 Å². The van der Waals surface area contributed by atoms with Crippen LogP contribution in [-0.4, -0.2) is 41.6 Å². The van der Waals surface area contributed by atoms with E-state index in [1.165, 1.54) is 11.3 Å². The Hall–Kier alpha value is -1.56. The second-order valence-electron chi connectivity index (χ2n) is 6.96. The molecule has 0 saturated carbocycles. The van der Waals surface area contributed by atoms with Gasteiger partial charge in [-0.1, -0.05) is 0 Å². The van der Waals surface area contributed by atoms with Gasteiger partial charge in [0.1, 0.15) is 5.60 Å². The molecule has 0 unspecified atom stereocenters. The molecular weight excluding hydrogens is 312 g/mol. The number of carbonyl (C=O) groups excluding carboxylic acids is 2. The van der Waals surface area contributed by atoms with Crippen LogP contribution in [-0.2, 0) is 4.74 Å². The number of hydrogen-bond acceptors (Lipinski definition) is 4. The number of nitrogens with zero attached hydrogens (tertiary/aromatic N) is 1. The second-order valence-corrected chi connectivity index (χ2v) is 7.88. The van der Waals surface area contributed by atoms with Gasteiger partial charge in [0, 0.05) is 19.1 Å². The number of aryl methyl sites for hydroxylation is 1. The molecule has 2 amide bonds. The fourth-order valence-electron chi connectivity index (χ4n) is 2.72. The number of rotatable bonds is 3. The standard InChI is InChI=1S/C17H26N2O3S/c1-12-8-10-23-14(12)15(20)19-9-6-5-7-13(19)11-18-16(21)22-17(2,3)4/h8,10,13H,5-7,9,11H2,1-4H3,(H,18,21)/t13-/m1/s1. The van der Waals surface area contributed by atoms with E-state index in [1.54, 1.807) is 0 Å². The van der Waals surface area contributed by atoms with E-state index in [1.807, 2.05) is 44.0 Å². The molecule has 0 aliphatic carbocycles. The van der Waals surface area contributed by atoms with Gasteiger partial charge in [-0.15, -0.1) is 11.3 Å². The number of ether oxygens (including phenoxy) is 1. The molecule has 1 aliphatic rings. The lowest BCUT2D eigenvalue weighted by Crippen LogP contribution is -2.49. The molecule has 0 spiro atoms. The maximum Gasteiger partial charge on any atom is 0.407 e. The number of hydrogen-bond donors (Lipinski definition) is 1. The molecule has 2 rings (SSSR count). The summed E-state index contributed by atoms with van der Waals surface area (Å²) in [4.78, 5) is 27.3. The van der Waals surface area contributed by atoms with Crippen molar-refractivity contribution in [2.24, 2.45) is 0 Å². The highest BCUT2D eigenvalue weighted by molar-refractivity contribution is 7.12. The van der Waals surface area contributed by atoms with E-state index >= 15 is 0 Å². The fourth-order valence-corrected chi connectivity index (χ4v) is 3.60. The van der Waals surface area contributed by atoms with E-state index in [9.17, 15) is 9.59 Å². The number of thiophene rings is 1. The van der Waals surface area contributed by atoms with Crippen molar-refractivity contribution in [2.75, 3.05) is 13.1 Å². The average molecular weight is 338 g/mol. The minimum Gasteiger partial charge on any atom is -0.444 e. The third kappa shape index (κ3) is 4.96. The molecule has 0 aromatic carbocycles. The van der Waals surface area contributed by atoms with Crippen molar-refractivity contribution in [3.05, 3.63) is 21.9 Å². The molecule has 1 fully saturated rings. The number of nitrogens with one attached hydrogen (secondary N) is 1. The highest BCUT2D eigenvalue weighted by Gasteiger charge is 2.29. The van der Waals surface area contributed by atoms with Gasteiger partial charge in [-0.05, 0) is 64.0 Å². The van der Waals surface area contributed by atoms with Gasteiger partial charge in [-0.3, -0.25) is 4.79 Å². The van der Waals surface area contributed by atoms with Crippen LogP contribution >= 0.6 is 11.3 Å². The average Bonchev–Trinajstić information content (AvgIpc) is 2.89. The van der Waals surface area contributed by atoms with Crippen molar-refractivity contribution >= 4 is 23.3 Å². The molecule has 1 aliphatic heterocycles. The summed E-state index contributed by atoms with van der Waals surface area (Å²) in [5.41, 5.74) is 0.504. The van der Waals surface area contributed by atoms with Gasteiger partial charge in [0.2, 0.25) is 0 Å². The summed E-state index contributed by atoms with van der Waals surface area (Å²) in [5, 5.41) is 4.75. The lowest BCUT2D eigenvalue weighted by atomic mass is 10.0. The first kappa shape index (κ1) is 17.8. The summed E-state index contributed by atoms with van der Waals surface area (Å²) >= 11 is 1.48. The maximum absolute atomic E-state index is 12.8. The van der Waals surface area contributed by atoms with Gasteiger partial charge in [0.15, 0.2) is 0 Å². The van der Waals surface area contributed by atoms with Crippen LogP contribution in [0.1, 0.15) is 55.3 Å². The Balaban J connectivity index is 1.97. The zero-order valence-electron chi connectivity index (χ0n) is 14.3. The van der Waals surface area contributed by atoms with Crippen LogP contribution in [0, 0.1) is 6.92 Å². The molecular formula is C17H26N2O3S. The van der Waals surface area contributed by atoms with E-state index in [-0.39, 0.29) is 11.9 Å². The Morgan fingerprint density at radius 3 is 2.74 bits per heavy atom. The Bertz CT molecular complexity index is 562. The Kier molecular flexibility index (Phi) is 5.68. The van der Waals surface area contributed by atoms with Crippen molar-refractivity contribution in [1.29, 1.82) is 0 Å². The van der Waals surface area contributed by atoms with E-state index in [0.717, 1.165) is 36.2 Å². The molecule has 1 saturated heterocycles. The van der Waals surface area contributed by atoms with Crippen LogP contribution in [0.3, 0.4) is 0 Å². The minimum atomic E-state index is -0.514. The van der Waals surface area contributed by atoms with Crippen molar-refractivity contribution in [3.63, 3.8) is 0 Å². The van der Waals surface area contributed by atoms with E-state index in [2.05, 4.69) is 5.32 Å². The number of amides is 2. The van der Waals surface area contributed by atoms with E-state index in [4.69, 9.17) is 4.74 Å². The minimum absolute atomic E-state index is 0.0327. The van der Waals surface area contributed by atoms with E-state index < -0.39 is 11.7 Å². The largest absolute Gasteiger partial charge is 0.444 e. The molecule has 1 aromatic heterocycles. The van der Waals surface area contributed by atoms with Gasteiger partial charge < -0.3 is 15.0 Å². The number of alkyl carbamates (subject to hydrolysis) is 1. The smallest absolute Gasteiger partial charge is 0.407 e. The summed E-state index contributed by atoms with van der Waals surface area (Å²) in [5.74, 6) is 0.0770. The topological polar surface area (TPSA) is 58.6 Å². The molecule has 23 heavy (non-hydrogen) atoms. The molecule has 0 radical (unpaired) electrons. The summed E-state index contributed by atoms with van der Waals surface area (Å²) in [6.07, 6.45) is 2.57. The molecule has 5 nitrogen and oxygen atoms in total. The Morgan fingerprint density at radius 1 is 1.39 bits per heavy atom. The second kappa shape index (κ2) is 7.34. The molecule has 1 aromatic rings. The van der Waals surface area contributed by atoms with Crippen LogP contribution in [0.4, 0.5) is 4.79 Å². The first-order valence-electron chi connectivity index (χ1n) is 8.10. The highest BCUT2D eigenvalue weighted by atomic mass is 32.1. The molecule has 2 heterocycles. The molecule has 128 valence electrons. The zero-order chi connectivity index (χ0) is 17.0. The SMILES string of the molecule is Cc1ccsc1C(=O)N1CCCC[C@@H]1CNC(=O)OC(C)(C)C. The summed E-state index contributed by atoms with van der Waals surface area (Å²) in [7, 11) is 0. The fraction of sp³-hybridized carbons (Fsp3) is 0.647. The lowest BCUT2D eigenvalue weighted by Gasteiger charge is -2.36. The third-order valence-corrected chi connectivity index (χ3v) is 4.83. The Labute approximate surface area is 142 Å². The first-order valence-corrected chi connectivity index (χ1v) is 8.98. The van der Waals surface area contributed by atoms with Gasteiger partial charge in [0.25, 0.3) is 5.91 Å². The molecule has 6 heteroatoms. The van der Waals surface area contributed by atoms with Gasteiger partial charge in [0.05, 0.1) is 4.88 Å². The van der Waals surface area contributed by atoms with Gasteiger partial charge in [-0.25, -0.2) is 4.79 Å². The lowest BCUT2D eigenvalue weighted by molar-refractivity contribution is 0.0463. The predicted molar refractivity (Wildman–Crippen MR) is 92.0 cm³/mol. The summed E-state index contributed by atoms with van der Waals surface area (Å²) < 4.78 is 5.26. The quantitative estimate of drug-likeness (QED) is 0.916. The summed E-state index contributed by atoms with van der Waals surface area (Å²) in [6.45, 7) is 8.65. The van der Waals surface area contributed by atoms with Crippen LogP contribution in [0.15, 0.2) is 11.4 Å². The molecule has 1 N–H and O–H groups in total. The van der Waals surface area contributed by atoms with Crippen molar-refractivity contribution in [2.45, 2.75) is 58.6 Å². The van der Waals surface area contributed by atoms with Crippen LogP contribution in [0.25, 0.3) is 0 Å². The monoisotopic (exact) mass is 338 g/mol. The number of piperidine rings is 1. The predicted octanol–water partition coefficient (Wildman–Crippen LogP) is 3.58.